The van der Waals surface area contributed by atoms with Crippen LogP contribution in [-0.2, 0) is 0 Å². The molecule has 2 aliphatic carbocycles. The summed E-state index contributed by atoms with van der Waals surface area (Å²) in [5.41, 5.74) is 5.07. The summed E-state index contributed by atoms with van der Waals surface area (Å²) in [6.45, 7) is 4.58. The van der Waals surface area contributed by atoms with Gasteiger partial charge in [0.2, 0.25) is 0 Å². The first kappa shape index (κ1) is 6.21. The number of hydrogen-bond acceptors (Lipinski definition) is 0. The maximum absolute atomic E-state index is 2.42. The van der Waals surface area contributed by atoms with E-state index in [2.05, 4.69) is 19.9 Å². The number of hydrogen-bond donors (Lipinski definition) is 0. The molecular formula is C10H14. The Bertz CT molecular complexity index is 216. The van der Waals surface area contributed by atoms with Crippen molar-refractivity contribution in [1.29, 1.82) is 0 Å². The lowest BCUT2D eigenvalue weighted by Gasteiger charge is -2.21. The van der Waals surface area contributed by atoms with Crippen LogP contribution in [0.1, 0.15) is 33.1 Å². The van der Waals surface area contributed by atoms with Crippen LogP contribution in [-0.4, -0.2) is 0 Å². The first-order valence-electron chi connectivity index (χ1n) is 4.20. The second-order valence-electron chi connectivity index (χ2n) is 3.60. The highest BCUT2D eigenvalue weighted by molar-refractivity contribution is 5.48. The summed E-state index contributed by atoms with van der Waals surface area (Å²) in [7, 11) is 0. The predicted octanol–water partition coefficient (Wildman–Crippen LogP) is 3.06. The smallest absolute Gasteiger partial charge is 0.0127 e. The molecule has 0 unspecified atom stereocenters. The van der Waals surface area contributed by atoms with Crippen molar-refractivity contribution in [3.8, 4) is 0 Å². The molecule has 10 heavy (non-hydrogen) atoms. The minimum atomic E-state index is 0.757. The molecule has 0 fully saturated rings. The lowest BCUT2D eigenvalue weighted by Crippen LogP contribution is -2.04. The Kier molecular flexibility index (Phi) is 1.23. The van der Waals surface area contributed by atoms with Crippen molar-refractivity contribution < 1.29 is 0 Å². The summed E-state index contributed by atoms with van der Waals surface area (Å²) >= 11 is 0. The monoisotopic (exact) mass is 134 g/mol. The predicted molar refractivity (Wildman–Crippen MR) is 43.8 cm³/mol. The molecule has 2 rings (SSSR count). The molecule has 0 heteroatoms. The molecule has 0 aromatic rings. The van der Waals surface area contributed by atoms with Gasteiger partial charge in [-0.3, -0.25) is 0 Å². The van der Waals surface area contributed by atoms with Crippen molar-refractivity contribution in [2.45, 2.75) is 33.1 Å². The molecule has 0 amide bonds. The van der Waals surface area contributed by atoms with E-state index in [9.17, 15) is 0 Å². The fraction of sp³-hybridized carbons (Fsp3) is 0.600. The summed E-state index contributed by atoms with van der Waals surface area (Å²) < 4.78 is 0. The standard InChI is InChI=1S/C10H14/c1-7(2)9-5-3-8-4-6-10(8)9/h5,7H,3-4,6H2,1-2H3. The van der Waals surface area contributed by atoms with Crippen molar-refractivity contribution in [3.63, 3.8) is 0 Å². The SMILES string of the molecule is CC(C)C1=CCC2=C1CC2. The second kappa shape index (κ2) is 1.98. The Morgan fingerprint density at radius 2 is 2.10 bits per heavy atom. The van der Waals surface area contributed by atoms with Crippen LogP contribution in [0.25, 0.3) is 0 Å². The van der Waals surface area contributed by atoms with E-state index < -0.39 is 0 Å². The van der Waals surface area contributed by atoms with E-state index >= 15 is 0 Å². The van der Waals surface area contributed by atoms with E-state index in [1.54, 1.807) is 16.7 Å². The summed E-state index contributed by atoms with van der Waals surface area (Å²) in [5, 5.41) is 0. The normalized spacial score (nSPS) is 22.9. The van der Waals surface area contributed by atoms with Gasteiger partial charge < -0.3 is 0 Å². The van der Waals surface area contributed by atoms with Crippen LogP contribution in [0.15, 0.2) is 22.8 Å². The second-order valence-corrected chi connectivity index (χ2v) is 3.60. The molecule has 0 spiro atoms. The van der Waals surface area contributed by atoms with Gasteiger partial charge in [-0.15, -0.1) is 0 Å². The minimum absolute atomic E-state index is 0.757. The Balaban J connectivity index is 2.25. The van der Waals surface area contributed by atoms with Crippen LogP contribution in [0, 0.1) is 5.92 Å². The van der Waals surface area contributed by atoms with E-state index in [0.717, 1.165) is 5.92 Å². The first-order valence-corrected chi connectivity index (χ1v) is 4.20. The van der Waals surface area contributed by atoms with E-state index in [4.69, 9.17) is 0 Å². The summed E-state index contributed by atoms with van der Waals surface area (Å²) in [5.74, 6) is 0.757. The third kappa shape index (κ3) is 0.681. The molecule has 0 heterocycles. The van der Waals surface area contributed by atoms with Crippen molar-refractivity contribution in [2.24, 2.45) is 5.92 Å². The molecule has 0 aromatic heterocycles. The van der Waals surface area contributed by atoms with Gasteiger partial charge in [-0.1, -0.05) is 25.5 Å². The van der Waals surface area contributed by atoms with E-state index in [-0.39, 0.29) is 0 Å². The molecule has 54 valence electrons. The molecule has 0 nitrogen and oxygen atoms in total. The maximum Gasteiger partial charge on any atom is -0.0127 e. The third-order valence-corrected chi connectivity index (χ3v) is 2.64. The zero-order chi connectivity index (χ0) is 7.14. The zero-order valence-electron chi connectivity index (χ0n) is 6.78. The van der Waals surface area contributed by atoms with E-state index in [0.29, 0.717) is 0 Å². The van der Waals surface area contributed by atoms with Gasteiger partial charge in [0.25, 0.3) is 0 Å². The molecule has 0 N–H and O–H groups in total. The fourth-order valence-electron chi connectivity index (χ4n) is 1.94. The van der Waals surface area contributed by atoms with Gasteiger partial charge >= 0.3 is 0 Å². The Labute approximate surface area is 62.6 Å². The van der Waals surface area contributed by atoms with Gasteiger partial charge in [-0.2, -0.15) is 0 Å². The molecule has 0 bridgehead atoms. The van der Waals surface area contributed by atoms with Gasteiger partial charge in [-0.05, 0) is 36.3 Å². The third-order valence-electron chi connectivity index (χ3n) is 2.64. The van der Waals surface area contributed by atoms with E-state index in [1.807, 2.05) is 0 Å². The van der Waals surface area contributed by atoms with Crippen molar-refractivity contribution in [2.75, 3.05) is 0 Å². The van der Waals surface area contributed by atoms with Crippen molar-refractivity contribution >= 4 is 0 Å². The molecule has 0 radical (unpaired) electrons. The van der Waals surface area contributed by atoms with Crippen LogP contribution >= 0.6 is 0 Å². The summed E-state index contributed by atoms with van der Waals surface area (Å²) in [4.78, 5) is 0. The van der Waals surface area contributed by atoms with Crippen LogP contribution in [0.2, 0.25) is 0 Å². The quantitative estimate of drug-likeness (QED) is 0.517. The average molecular weight is 134 g/mol. The molecular weight excluding hydrogens is 120 g/mol. The van der Waals surface area contributed by atoms with Gasteiger partial charge in [0.05, 0.1) is 0 Å². The Morgan fingerprint density at radius 3 is 2.40 bits per heavy atom. The van der Waals surface area contributed by atoms with Gasteiger partial charge in [0, 0.05) is 0 Å². The minimum Gasteiger partial charge on any atom is -0.0767 e. The topological polar surface area (TPSA) is 0 Å². The van der Waals surface area contributed by atoms with Crippen LogP contribution in [0.4, 0.5) is 0 Å². The highest BCUT2D eigenvalue weighted by Crippen LogP contribution is 2.43. The summed E-state index contributed by atoms with van der Waals surface area (Å²) in [6.07, 6.45) is 6.42. The lowest BCUT2D eigenvalue weighted by molar-refractivity contribution is 0.729. The molecule has 0 aliphatic heterocycles. The van der Waals surface area contributed by atoms with Crippen molar-refractivity contribution in [3.05, 3.63) is 22.8 Å². The highest BCUT2D eigenvalue weighted by Gasteiger charge is 2.25. The Morgan fingerprint density at radius 1 is 1.30 bits per heavy atom. The van der Waals surface area contributed by atoms with Gasteiger partial charge in [0.1, 0.15) is 0 Å². The first-order chi connectivity index (χ1) is 4.79. The highest BCUT2D eigenvalue weighted by atomic mass is 14.3. The number of rotatable bonds is 1. The molecule has 2 aliphatic rings. The molecule has 0 aromatic carbocycles. The molecule has 0 saturated heterocycles. The Hall–Kier alpha value is -0.520. The fourth-order valence-corrected chi connectivity index (χ4v) is 1.94. The lowest BCUT2D eigenvalue weighted by atomic mass is 9.84. The van der Waals surface area contributed by atoms with Crippen LogP contribution in [0.5, 0.6) is 0 Å². The number of allylic oxidation sites excluding steroid dienone is 4. The largest absolute Gasteiger partial charge is 0.0767 e. The van der Waals surface area contributed by atoms with Crippen LogP contribution in [0.3, 0.4) is 0 Å². The average Bonchev–Trinajstić information content (AvgIpc) is 2.07. The molecule has 0 saturated carbocycles. The van der Waals surface area contributed by atoms with Crippen LogP contribution < -0.4 is 0 Å². The van der Waals surface area contributed by atoms with Crippen molar-refractivity contribution in [1.82, 2.24) is 0 Å². The van der Waals surface area contributed by atoms with Gasteiger partial charge in [-0.25, -0.2) is 0 Å². The zero-order valence-corrected chi connectivity index (χ0v) is 6.78. The summed E-state index contributed by atoms with van der Waals surface area (Å²) in [6, 6.07) is 0. The van der Waals surface area contributed by atoms with E-state index in [1.165, 1.54) is 19.3 Å². The maximum atomic E-state index is 2.42. The van der Waals surface area contributed by atoms with Gasteiger partial charge in [0.15, 0.2) is 0 Å². The molecule has 0 atom stereocenters.